The first kappa shape index (κ1) is 16.8. The third-order valence-electron chi connectivity index (χ3n) is 3.12. The number of unbranched alkanes of at least 4 members (excludes halogenated alkanes) is 1. The van der Waals surface area contributed by atoms with Gasteiger partial charge in [-0.1, -0.05) is 23.7 Å². The van der Waals surface area contributed by atoms with Gasteiger partial charge in [-0.2, -0.15) is 4.31 Å². The van der Waals surface area contributed by atoms with E-state index >= 15 is 0 Å². The molecule has 1 aromatic carbocycles. The van der Waals surface area contributed by atoms with Gasteiger partial charge in [-0.05, 0) is 37.5 Å². The van der Waals surface area contributed by atoms with Gasteiger partial charge < -0.3 is 0 Å². The Morgan fingerprint density at radius 2 is 1.79 bits per heavy atom. The summed E-state index contributed by atoms with van der Waals surface area (Å²) in [6, 6.07) is 7.01. The average Bonchev–Trinajstić information content (AvgIpc) is 2.38. The summed E-state index contributed by atoms with van der Waals surface area (Å²) < 4.78 is 25.7. The van der Waals surface area contributed by atoms with Crippen molar-refractivity contribution in [1.82, 2.24) is 4.31 Å². The van der Waals surface area contributed by atoms with Gasteiger partial charge in [-0.15, -0.1) is 11.6 Å². The molecule has 0 bridgehead atoms. The van der Waals surface area contributed by atoms with E-state index in [1.54, 1.807) is 19.2 Å². The molecule has 0 spiro atoms. The molecule has 0 radical (unpaired) electrons. The maximum absolute atomic E-state index is 12.1. The van der Waals surface area contributed by atoms with E-state index in [1.807, 2.05) is 19.1 Å². The summed E-state index contributed by atoms with van der Waals surface area (Å²) in [6.07, 6.45) is 1.30. The molecule has 19 heavy (non-hydrogen) atoms. The summed E-state index contributed by atoms with van der Waals surface area (Å²) in [6.45, 7) is 1.86. The second-order valence-electron chi connectivity index (χ2n) is 4.46. The summed E-state index contributed by atoms with van der Waals surface area (Å²) in [5.41, 5.74) is 0.924. The Bertz CT molecular complexity index is 488. The van der Waals surface area contributed by atoms with Gasteiger partial charge in [-0.25, -0.2) is 8.42 Å². The number of alkyl halides is 1. The van der Waals surface area contributed by atoms with Crippen LogP contribution in [-0.4, -0.2) is 31.4 Å². The zero-order chi connectivity index (χ0) is 14.5. The predicted octanol–water partition coefficient (Wildman–Crippen LogP) is 3.68. The number of nitrogens with zero attached hydrogens (tertiary/aromatic N) is 1. The third-order valence-corrected chi connectivity index (χ3v) is 5.64. The van der Waals surface area contributed by atoms with Gasteiger partial charge in [-0.3, -0.25) is 0 Å². The van der Waals surface area contributed by atoms with Crippen LogP contribution in [0.15, 0.2) is 24.3 Å². The Morgan fingerprint density at radius 3 is 2.32 bits per heavy atom. The van der Waals surface area contributed by atoms with Gasteiger partial charge in [0.15, 0.2) is 0 Å². The Hall–Kier alpha value is -0.290. The van der Waals surface area contributed by atoms with Gasteiger partial charge in [0.1, 0.15) is 0 Å². The zero-order valence-corrected chi connectivity index (χ0v) is 13.5. The van der Waals surface area contributed by atoms with Gasteiger partial charge in [0, 0.05) is 24.0 Å². The van der Waals surface area contributed by atoms with Crippen LogP contribution in [0.4, 0.5) is 0 Å². The first-order valence-corrected chi connectivity index (χ1v) is 8.68. The molecule has 1 atom stereocenters. The van der Waals surface area contributed by atoms with Gasteiger partial charge in [0.05, 0.1) is 5.75 Å². The lowest BCUT2D eigenvalue weighted by molar-refractivity contribution is 0.397. The van der Waals surface area contributed by atoms with Crippen LogP contribution in [0.5, 0.6) is 0 Å². The SMILES string of the molecule is CC(c1ccc(Cl)cc1)N(C)S(=O)(=O)CCCCCl. The van der Waals surface area contributed by atoms with Crippen LogP contribution in [0.1, 0.15) is 31.4 Å². The minimum atomic E-state index is -3.25. The number of hydrogen-bond acceptors (Lipinski definition) is 2. The summed E-state index contributed by atoms with van der Waals surface area (Å²) in [4.78, 5) is 0. The van der Waals surface area contributed by atoms with Crippen molar-refractivity contribution in [3.63, 3.8) is 0 Å². The van der Waals surface area contributed by atoms with E-state index in [9.17, 15) is 8.42 Å². The molecule has 6 heteroatoms. The molecular formula is C13H19Cl2NO2S. The van der Waals surface area contributed by atoms with Crippen LogP contribution in [0.2, 0.25) is 5.02 Å². The third kappa shape index (κ3) is 4.95. The fourth-order valence-corrected chi connectivity index (χ4v) is 3.49. The largest absolute Gasteiger partial charge is 0.214 e. The average molecular weight is 324 g/mol. The monoisotopic (exact) mass is 323 g/mol. The molecule has 1 rings (SSSR count). The molecule has 0 N–H and O–H groups in total. The van der Waals surface area contributed by atoms with Crippen molar-refractivity contribution in [2.24, 2.45) is 0 Å². The van der Waals surface area contributed by atoms with Crippen molar-refractivity contribution in [2.75, 3.05) is 18.7 Å². The van der Waals surface area contributed by atoms with E-state index < -0.39 is 10.0 Å². The van der Waals surface area contributed by atoms with E-state index in [2.05, 4.69) is 0 Å². The molecule has 0 saturated heterocycles. The minimum absolute atomic E-state index is 0.133. The summed E-state index contributed by atoms with van der Waals surface area (Å²) in [5.74, 6) is 0.625. The fraction of sp³-hybridized carbons (Fsp3) is 0.538. The second-order valence-corrected chi connectivity index (χ2v) is 7.42. The molecule has 0 saturated carbocycles. The number of sulfonamides is 1. The fourth-order valence-electron chi connectivity index (χ4n) is 1.72. The molecule has 1 aromatic rings. The number of halogens is 2. The second kappa shape index (κ2) is 7.48. The van der Waals surface area contributed by atoms with Crippen LogP contribution in [0.25, 0.3) is 0 Å². The quantitative estimate of drug-likeness (QED) is 0.567. The van der Waals surface area contributed by atoms with E-state index in [0.29, 0.717) is 23.7 Å². The van der Waals surface area contributed by atoms with Gasteiger partial charge in [0.2, 0.25) is 10.0 Å². The van der Waals surface area contributed by atoms with Crippen molar-refractivity contribution < 1.29 is 8.42 Å². The van der Waals surface area contributed by atoms with Crippen LogP contribution < -0.4 is 0 Å². The van der Waals surface area contributed by atoms with E-state index in [1.165, 1.54) is 4.31 Å². The molecule has 0 aliphatic heterocycles. The van der Waals surface area contributed by atoms with Crippen LogP contribution in [0.3, 0.4) is 0 Å². The minimum Gasteiger partial charge on any atom is -0.212 e. The normalized spacial score (nSPS) is 13.7. The van der Waals surface area contributed by atoms with Crippen molar-refractivity contribution >= 4 is 33.2 Å². The smallest absolute Gasteiger partial charge is 0.212 e. The van der Waals surface area contributed by atoms with Gasteiger partial charge >= 0.3 is 0 Å². The number of rotatable bonds is 7. The molecule has 0 aliphatic carbocycles. The number of benzene rings is 1. The van der Waals surface area contributed by atoms with Crippen LogP contribution in [-0.2, 0) is 10.0 Å². The highest BCUT2D eigenvalue weighted by molar-refractivity contribution is 7.89. The van der Waals surface area contributed by atoms with E-state index in [0.717, 1.165) is 5.56 Å². The Kier molecular flexibility index (Phi) is 6.60. The molecule has 0 aromatic heterocycles. The molecule has 0 aliphatic rings. The molecule has 0 amide bonds. The van der Waals surface area contributed by atoms with Crippen molar-refractivity contribution in [3.8, 4) is 0 Å². The Labute approximate surface area is 125 Å². The summed E-state index contributed by atoms with van der Waals surface area (Å²) in [5, 5.41) is 0.642. The highest BCUT2D eigenvalue weighted by Gasteiger charge is 2.23. The molecule has 0 fully saturated rings. The van der Waals surface area contributed by atoms with Crippen LogP contribution in [0, 0.1) is 0 Å². The van der Waals surface area contributed by atoms with Crippen LogP contribution >= 0.6 is 23.2 Å². The first-order valence-electron chi connectivity index (χ1n) is 6.15. The Morgan fingerprint density at radius 1 is 1.21 bits per heavy atom. The van der Waals surface area contributed by atoms with Crippen molar-refractivity contribution in [3.05, 3.63) is 34.9 Å². The zero-order valence-electron chi connectivity index (χ0n) is 11.1. The molecule has 3 nitrogen and oxygen atoms in total. The summed E-state index contributed by atoms with van der Waals surface area (Å²) in [7, 11) is -1.64. The standard InChI is InChI=1S/C13H19Cl2NO2S/c1-11(12-5-7-13(15)8-6-12)16(2)19(17,18)10-4-3-9-14/h5-8,11H,3-4,9-10H2,1-2H3. The summed E-state index contributed by atoms with van der Waals surface area (Å²) >= 11 is 11.4. The predicted molar refractivity (Wildman–Crippen MR) is 81.4 cm³/mol. The number of hydrogen-bond donors (Lipinski definition) is 0. The molecule has 1 unspecified atom stereocenters. The lowest BCUT2D eigenvalue weighted by Crippen LogP contribution is -2.31. The van der Waals surface area contributed by atoms with Crippen molar-refractivity contribution in [1.29, 1.82) is 0 Å². The highest BCUT2D eigenvalue weighted by atomic mass is 35.5. The van der Waals surface area contributed by atoms with E-state index in [4.69, 9.17) is 23.2 Å². The molecule has 108 valence electrons. The lowest BCUT2D eigenvalue weighted by atomic mass is 10.1. The first-order chi connectivity index (χ1) is 8.88. The molecular weight excluding hydrogens is 305 g/mol. The van der Waals surface area contributed by atoms with Crippen molar-refractivity contribution in [2.45, 2.75) is 25.8 Å². The maximum atomic E-state index is 12.1. The maximum Gasteiger partial charge on any atom is 0.214 e. The van der Waals surface area contributed by atoms with E-state index in [-0.39, 0.29) is 11.8 Å². The van der Waals surface area contributed by atoms with Gasteiger partial charge in [0.25, 0.3) is 0 Å². The Balaban J connectivity index is 2.75. The highest BCUT2D eigenvalue weighted by Crippen LogP contribution is 2.23. The lowest BCUT2D eigenvalue weighted by Gasteiger charge is -2.24. The topological polar surface area (TPSA) is 37.4 Å². The molecule has 0 heterocycles.